The van der Waals surface area contributed by atoms with Gasteiger partial charge >= 0.3 is 22.3 Å². The van der Waals surface area contributed by atoms with Gasteiger partial charge in [0.15, 0.2) is 0 Å². The minimum absolute atomic E-state index is 0.0252. The van der Waals surface area contributed by atoms with E-state index in [1.165, 1.54) is 13.1 Å². The molecular weight excluding hydrogens is 302 g/mol. The summed E-state index contributed by atoms with van der Waals surface area (Å²) < 4.78 is 36.5. The largest absolute Gasteiger partial charge is 0.462 e. The summed E-state index contributed by atoms with van der Waals surface area (Å²) in [6, 6.07) is 0. The molecular formula is C11H17N3O6S. The second kappa shape index (κ2) is 6.97. The number of carbonyl (C=O) groups excluding carboxylic acids is 2. The molecule has 1 amide bonds. The van der Waals surface area contributed by atoms with Gasteiger partial charge in [-0.25, -0.2) is 14.3 Å². The van der Waals surface area contributed by atoms with E-state index in [0.717, 1.165) is 0 Å². The summed E-state index contributed by atoms with van der Waals surface area (Å²) in [7, 11) is -4.22. The number of rotatable bonds is 6. The Hall–Kier alpha value is -2.23. The Balaban J connectivity index is 2.93. The summed E-state index contributed by atoms with van der Waals surface area (Å²) in [5.74, 6) is -0.676. The first kappa shape index (κ1) is 16.8. The van der Waals surface area contributed by atoms with Crippen LogP contribution < -0.4 is 9.44 Å². The van der Waals surface area contributed by atoms with Crippen LogP contribution in [0.15, 0.2) is 6.20 Å². The molecule has 21 heavy (non-hydrogen) atoms. The van der Waals surface area contributed by atoms with Crippen molar-refractivity contribution < 1.29 is 27.5 Å². The number of aryl methyl sites for hydroxylation is 1. The standard InChI is InChI=1S/C11H17N3O6S/c1-4-19-10(15)9-7(3)12-6-8(9)13-21(17,18)14-11(16)20-5-2/h6,12-13H,4-5H2,1-3H3,(H,14,16). The van der Waals surface area contributed by atoms with Crippen molar-refractivity contribution >= 4 is 28.0 Å². The normalized spacial score (nSPS) is 10.8. The lowest BCUT2D eigenvalue weighted by molar-refractivity contribution is 0.0527. The number of esters is 1. The predicted octanol–water partition coefficient (Wildman–Crippen LogP) is 0.903. The lowest BCUT2D eigenvalue weighted by atomic mass is 10.2. The van der Waals surface area contributed by atoms with Crippen LogP contribution in [0.25, 0.3) is 0 Å². The lowest BCUT2D eigenvalue weighted by Crippen LogP contribution is -2.36. The first-order valence-corrected chi connectivity index (χ1v) is 7.61. The molecule has 1 aromatic heterocycles. The number of ether oxygens (including phenoxy) is 2. The maximum Gasteiger partial charge on any atom is 0.422 e. The van der Waals surface area contributed by atoms with Crippen molar-refractivity contribution in [2.75, 3.05) is 17.9 Å². The molecule has 0 atom stereocenters. The molecule has 0 saturated heterocycles. The molecule has 1 aromatic rings. The molecule has 10 heteroatoms. The van der Waals surface area contributed by atoms with Crippen molar-refractivity contribution in [2.24, 2.45) is 0 Å². The van der Waals surface area contributed by atoms with E-state index >= 15 is 0 Å². The van der Waals surface area contributed by atoms with Crippen LogP contribution in [0, 0.1) is 6.92 Å². The van der Waals surface area contributed by atoms with Crippen molar-refractivity contribution in [3.8, 4) is 0 Å². The molecule has 0 spiro atoms. The van der Waals surface area contributed by atoms with E-state index in [1.807, 2.05) is 0 Å². The molecule has 0 unspecified atom stereocenters. The third-order valence-corrected chi connectivity index (χ3v) is 3.22. The van der Waals surface area contributed by atoms with E-state index in [-0.39, 0.29) is 24.5 Å². The fourth-order valence-electron chi connectivity index (χ4n) is 1.51. The maximum absolute atomic E-state index is 11.8. The van der Waals surface area contributed by atoms with Crippen LogP contribution >= 0.6 is 0 Å². The monoisotopic (exact) mass is 319 g/mol. The molecule has 0 saturated carbocycles. The summed E-state index contributed by atoms with van der Waals surface area (Å²) >= 11 is 0. The molecule has 0 bridgehead atoms. The number of aromatic amines is 1. The highest BCUT2D eigenvalue weighted by Gasteiger charge is 2.22. The minimum atomic E-state index is -4.22. The van der Waals surface area contributed by atoms with Crippen LogP contribution in [0.1, 0.15) is 29.9 Å². The predicted molar refractivity (Wildman–Crippen MR) is 74.2 cm³/mol. The Bertz CT molecular complexity index is 622. The maximum atomic E-state index is 11.8. The smallest absolute Gasteiger partial charge is 0.422 e. The second-order valence-electron chi connectivity index (χ2n) is 3.85. The summed E-state index contributed by atoms with van der Waals surface area (Å²) in [5, 5.41) is 0. The lowest BCUT2D eigenvalue weighted by Gasteiger charge is -2.10. The fraction of sp³-hybridized carbons (Fsp3) is 0.455. The number of hydrogen-bond donors (Lipinski definition) is 3. The zero-order valence-corrected chi connectivity index (χ0v) is 12.7. The zero-order valence-electron chi connectivity index (χ0n) is 11.8. The van der Waals surface area contributed by atoms with Gasteiger partial charge < -0.3 is 14.5 Å². The Kier molecular flexibility index (Phi) is 5.59. The molecule has 1 rings (SSSR count). The van der Waals surface area contributed by atoms with E-state index in [9.17, 15) is 18.0 Å². The van der Waals surface area contributed by atoms with Crippen LogP contribution in [0.2, 0.25) is 0 Å². The Morgan fingerprint density at radius 1 is 1.24 bits per heavy atom. The topological polar surface area (TPSA) is 127 Å². The molecule has 0 fully saturated rings. The van der Waals surface area contributed by atoms with Crippen molar-refractivity contribution in [3.05, 3.63) is 17.5 Å². The summed E-state index contributed by atoms with van der Waals surface area (Å²) in [5.41, 5.74) is 0.455. The van der Waals surface area contributed by atoms with Gasteiger partial charge in [0.25, 0.3) is 0 Å². The molecule has 0 aliphatic carbocycles. The van der Waals surface area contributed by atoms with Crippen molar-refractivity contribution in [1.82, 2.24) is 9.71 Å². The SMILES string of the molecule is CCOC(=O)NS(=O)(=O)Nc1c[nH]c(C)c1C(=O)OCC. The van der Waals surface area contributed by atoms with Gasteiger partial charge in [-0.1, -0.05) is 0 Å². The van der Waals surface area contributed by atoms with E-state index in [4.69, 9.17) is 4.74 Å². The Morgan fingerprint density at radius 2 is 1.86 bits per heavy atom. The van der Waals surface area contributed by atoms with Crippen LogP contribution in [0.3, 0.4) is 0 Å². The molecule has 9 nitrogen and oxygen atoms in total. The summed E-state index contributed by atoms with van der Waals surface area (Å²) in [6.07, 6.45) is 0.168. The minimum Gasteiger partial charge on any atom is -0.462 e. The van der Waals surface area contributed by atoms with Crippen LogP contribution in [-0.4, -0.2) is 38.7 Å². The van der Waals surface area contributed by atoms with E-state index < -0.39 is 22.3 Å². The number of anilines is 1. The summed E-state index contributed by atoms with van der Waals surface area (Å²) in [4.78, 5) is 25.6. The molecule has 0 aromatic carbocycles. The first-order valence-electron chi connectivity index (χ1n) is 6.13. The third-order valence-electron chi connectivity index (χ3n) is 2.29. The molecule has 0 radical (unpaired) electrons. The summed E-state index contributed by atoms with van der Waals surface area (Å²) in [6.45, 7) is 4.93. The quantitative estimate of drug-likeness (QED) is 0.669. The Labute approximate surface area is 122 Å². The number of hydrogen-bond acceptors (Lipinski definition) is 6. The van der Waals surface area contributed by atoms with Crippen LogP contribution in [0.5, 0.6) is 0 Å². The van der Waals surface area contributed by atoms with Gasteiger partial charge in [-0.2, -0.15) is 8.42 Å². The van der Waals surface area contributed by atoms with Gasteiger partial charge in [0.2, 0.25) is 0 Å². The second-order valence-corrected chi connectivity index (χ2v) is 5.27. The number of H-pyrrole nitrogens is 1. The fourth-order valence-corrected chi connectivity index (χ4v) is 2.29. The van der Waals surface area contributed by atoms with Crippen molar-refractivity contribution in [3.63, 3.8) is 0 Å². The zero-order chi connectivity index (χ0) is 16.0. The average Bonchev–Trinajstić information content (AvgIpc) is 2.69. The van der Waals surface area contributed by atoms with Crippen LogP contribution in [-0.2, 0) is 19.7 Å². The molecule has 0 aliphatic rings. The molecule has 3 N–H and O–H groups in total. The highest BCUT2D eigenvalue weighted by molar-refractivity contribution is 7.91. The van der Waals surface area contributed by atoms with Crippen molar-refractivity contribution in [1.29, 1.82) is 0 Å². The molecule has 1 heterocycles. The van der Waals surface area contributed by atoms with E-state index in [1.54, 1.807) is 18.6 Å². The highest BCUT2D eigenvalue weighted by Crippen LogP contribution is 2.21. The first-order chi connectivity index (χ1) is 9.80. The van der Waals surface area contributed by atoms with Gasteiger partial charge in [0.05, 0.1) is 18.9 Å². The number of amides is 1. The van der Waals surface area contributed by atoms with Crippen LogP contribution in [0.4, 0.5) is 10.5 Å². The van der Waals surface area contributed by atoms with Gasteiger partial charge in [-0.05, 0) is 20.8 Å². The number of carbonyl (C=O) groups is 2. The number of nitrogens with one attached hydrogen (secondary N) is 3. The number of aromatic nitrogens is 1. The molecule has 0 aliphatic heterocycles. The highest BCUT2D eigenvalue weighted by atomic mass is 32.2. The van der Waals surface area contributed by atoms with Crippen molar-refractivity contribution in [2.45, 2.75) is 20.8 Å². The Morgan fingerprint density at radius 3 is 2.43 bits per heavy atom. The van der Waals surface area contributed by atoms with E-state index in [2.05, 4.69) is 14.4 Å². The van der Waals surface area contributed by atoms with Gasteiger partial charge in [-0.3, -0.25) is 4.72 Å². The average molecular weight is 319 g/mol. The third kappa shape index (κ3) is 4.67. The van der Waals surface area contributed by atoms with Gasteiger partial charge in [0.1, 0.15) is 5.56 Å². The van der Waals surface area contributed by atoms with E-state index in [0.29, 0.717) is 5.69 Å². The molecule has 118 valence electrons. The van der Waals surface area contributed by atoms with Gasteiger partial charge in [-0.15, -0.1) is 0 Å². The van der Waals surface area contributed by atoms with Gasteiger partial charge in [0, 0.05) is 11.9 Å².